The molecule has 3 fully saturated rings. The lowest BCUT2D eigenvalue weighted by Crippen LogP contribution is -2.31. The summed E-state index contributed by atoms with van der Waals surface area (Å²) in [7, 11) is 1.39. The third-order valence-corrected chi connectivity index (χ3v) is 9.87. The number of rotatable bonds is 10. The second-order valence-corrected chi connectivity index (χ2v) is 12.0. The lowest BCUT2D eigenvalue weighted by molar-refractivity contribution is 0.107. The molecule has 4 rings (SSSR count). The number of halogens is 2. The Balaban J connectivity index is 1.17. The van der Waals surface area contributed by atoms with Gasteiger partial charge in [-0.2, -0.15) is 4.39 Å². The summed E-state index contributed by atoms with van der Waals surface area (Å²) in [6.45, 7) is 2.30. The van der Waals surface area contributed by atoms with Crippen molar-refractivity contribution in [1.82, 2.24) is 0 Å². The summed E-state index contributed by atoms with van der Waals surface area (Å²) in [5, 5.41) is 0. The van der Waals surface area contributed by atoms with Crippen molar-refractivity contribution in [3.63, 3.8) is 0 Å². The van der Waals surface area contributed by atoms with E-state index in [1.54, 1.807) is 12.1 Å². The molecule has 0 heterocycles. The highest BCUT2D eigenvalue weighted by Gasteiger charge is 2.37. The Hall–Kier alpha value is -1.12. The van der Waals surface area contributed by atoms with Crippen LogP contribution in [0.15, 0.2) is 12.1 Å². The van der Waals surface area contributed by atoms with Gasteiger partial charge in [0.15, 0.2) is 11.6 Å². The van der Waals surface area contributed by atoms with E-state index in [9.17, 15) is 8.78 Å². The smallest absolute Gasteiger partial charge is 0.200 e. The third kappa shape index (κ3) is 6.55. The van der Waals surface area contributed by atoms with Crippen molar-refractivity contribution in [3.05, 3.63) is 29.3 Å². The van der Waals surface area contributed by atoms with E-state index in [0.717, 1.165) is 36.5 Å². The van der Waals surface area contributed by atoms with E-state index in [-0.39, 0.29) is 11.7 Å². The molecule has 0 spiro atoms. The molecule has 192 valence electrons. The van der Waals surface area contributed by atoms with Gasteiger partial charge in [-0.3, -0.25) is 0 Å². The summed E-state index contributed by atoms with van der Waals surface area (Å²) in [5.41, 5.74) is 0.569. The summed E-state index contributed by atoms with van der Waals surface area (Å²) in [6, 6.07) is 3.35. The topological polar surface area (TPSA) is 9.23 Å². The highest BCUT2D eigenvalue weighted by atomic mass is 19.2. The van der Waals surface area contributed by atoms with Crippen molar-refractivity contribution >= 4 is 0 Å². The molecule has 0 amide bonds. The molecule has 3 heteroatoms. The number of fused-ring (bicyclic) bond motifs is 1. The SMILES string of the molecule is CCCCCCC1CCC(CCC2CCC3CC(c4ccc(OC)c(F)c4F)CCC3C2)CC1. The van der Waals surface area contributed by atoms with Crippen LogP contribution in [0.4, 0.5) is 8.78 Å². The zero-order valence-electron chi connectivity index (χ0n) is 21.8. The Kier molecular flexibility index (Phi) is 9.71. The number of methoxy groups -OCH3 is 1. The minimum absolute atomic E-state index is 0.0101. The first-order valence-corrected chi connectivity index (χ1v) is 14.6. The zero-order chi connectivity index (χ0) is 23.9. The first-order chi connectivity index (χ1) is 16.6. The fourth-order valence-corrected chi connectivity index (χ4v) is 7.69. The van der Waals surface area contributed by atoms with Crippen LogP contribution in [0.2, 0.25) is 0 Å². The van der Waals surface area contributed by atoms with E-state index >= 15 is 0 Å². The van der Waals surface area contributed by atoms with Crippen molar-refractivity contribution in [2.45, 2.75) is 122 Å². The van der Waals surface area contributed by atoms with E-state index in [0.29, 0.717) is 11.5 Å². The Morgan fingerprint density at radius 1 is 0.706 bits per heavy atom. The fraction of sp³-hybridized carbons (Fsp3) is 0.806. The Morgan fingerprint density at radius 3 is 2.09 bits per heavy atom. The van der Waals surface area contributed by atoms with Crippen molar-refractivity contribution in [1.29, 1.82) is 0 Å². The van der Waals surface area contributed by atoms with Gasteiger partial charge >= 0.3 is 0 Å². The average Bonchev–Trinajstić information content (AvgIpc) is 2.87. The number of unbranched alkanes of at least 4 members (excludes halogenated alkanes) is 3. The predicted octanol–water partition coefficient (Wildman–Crippen LogP) is 9.83. The summed E-state index contributed by atoms with van der Waals surface area (Å²) < 4.78 is 33.8. The van der Waals surface area contributed by atoms with Gasteiger partial charge < -0.3 is 4.74 Å². The van der Waals surface area contributed by atoms with Gasteiger partial charge in [0.2, 0.25) is 5.82 Å². The number of hydrogen-bond acceptors (Lipinski definition) is 1. The van der Waals surface area contributed by atoms with Crippen molar-refractivity contribution < 1.29 is 13.5 Å². The molecule has 34 heavy (non-hydrogen) atoms. The van der Waals surface area contributed by atoms with Gasteiger partial charge in [0.1, 0.15) is 0 Å². The maximum atomic E-state index is 14.7. The second-order valence-electron chi connectivity index (χ2n) is 12.0. The summed E-state index contributed by atoms with van der Waals surface area (Å²) >= 11 is 0. The van der Waals surface area contributed by atoms with Crippen LogP contribution in [-0.2, 0) is 0 Å². The van der Waals surface area contributed by atoms with E-state index < -0.39 is 11.6 Å². The van der Waals surface area contributed by atoms with Gasteiger partial charge in [0.05, 0.1) is 7.11 Å². The number of hydrogen-bond donors (Lipinski definition) is 0. The normalized spacial score (nSPS) is 31.8. The van der Waals surface area contributed by atoms with Crippen molar-refractivity contribution in [3.8, 4) is 5.75 Å². The minimum Gasteiger partial charge on any atom is -0.494 e. The third-order valence-electron chi connectivity index (χ3n) is 9.87. The molecule has 1 aromatic rings. The molecule has 0 aromatic heterocycles. The summed E-state index contributed by atoms with van der Waals surface area (Å²) in [5.74, 6) is 3.06. The van der Waals surface area contributed by atoms with Crippen LogP contribution >= 0.6 is 0 Å². The molecule has 1 nitrogen and oxygen atoms in total. The molecule has 0 saturated heterocycles. The van der Waals surface area contributed by atoms with Crippen LogP contribution in [0.3, 0.4) is 0 Å². The molecule has 0 aliphatic heterocycles. The molecule has 3 saturated carbocycles. The maximum Gasteiger partial charge on any atom is 0.200 e. The van der Waals surface area contributed by atoms with Crippen LogP contribution in [0.5, 0.6) is 5.75 Å². The quantitative estimate of drug-likeness (QED) is 0.307. The van der Waals surface area contributed by atoms with Crippen LogP contribution in [0.25, 0.3) is 0 Å². The van der Waals surface area contributed by atoms with Crippen LogP contribution in [0, 0.1) is 41.2 Å². The molecule has 3 aliphatic rings. The summed E-state index contributed by atoms with van der Waals surface area (Å²) in [4.78, 5) is 0. The minimum atomic E-state index is -0.823. The average molecular weight is 475 g/mol. The Morgan fingerprint density at radius 2 is 1.35 bits per heavy atom. The predicted molar refractivity (Wildman–Crippen MR) is 137 cm³/mol. The number of ether oxygens (including phenoxy) is 1. The van der Waals surface area contributed by atoms with Gasteiger partial charge in [-0.25, -0.2) is 4.39 Å². The first kappa shape index (κ1) is 26.0. The molecule has 0 N–H and O–H groups in total. The maximum absolute atomic E-state index is 14.7. The zero-order valence-corrected chi connectivity index (χ0v) is 21.8. The van der Waals surface area contributed by atoms with Crippen LogP contribution in [-0.4, -0.2) is 7.11 Å². The molecule has 3 aliphatic carbocycles. The van der Waals surface area contributed by atoms with Crippen LogP contribution < -0.4 is 4.74 Å². The molecular formula is C31H48F2O. The molecule has 0 bridgehead atoms. The Bertz CT molecular complexity index is 754. The molecular weight excluding hydrogens is 426 g/mol. The Labute approximate surface area is 207 Å². The van der Waals surface area contributed by atoms with E-state index in [1.807, 2.05) is 0 Å². The second kappa shape index (κ2) is 12.7. The highest BCUT2D eigenvalue weighted by molar-refractivity contribution is 5.33. The standard InChI is InChI=1S/C31H48F2O/c1-3-4-5-6-7-22-8-10-23(11-9-22)12-13-24-14-15-26-21-27(17-16-25(26)20-24)28-18-19-29(34-2)31(33)30(28)32/h18-19,22-27H,3-17,20-21H2,1-2H3. The molecule has 4 atom stereocenters. The summed E-state index contributed by atoms with van der Waals surface area (Å²) in [6.07, 6.45) is 23.1. The van der Waals surface area contributed by atoms with E-state index in [2.05, 4.69) is 6.92 Å². The molecule has 0 radical (unpaired) electrons. The lowest BCUT2D eigenvalue weighted by atomic mass is 9.63. The van der Waals surface area contributed by atoms with Gasteiger partial charge in [-0.05, 0) is 79.2 Å². The first-order valence-electron chi connectivity index (χ1n) is 14.6. The lowest BCUT2D eigenvalue weighted by Gasteiger charge is -2.43. The van der Waals surface area contributed by atoms with Gasteiger partial charge in [0.25, 0.3) is 0 Å². The van der Waals surface area contributed by atoms with Gasteiger partial charge in [0, 0.05) is 0 Å². The highest BCUT2D eigenvalue weighted by Crippen LogP contribution is 2.49. The fourth-order valence-electron chi connectivity index (χ4n) is 7.69. The van der Waals surface area contributed by atoms with Crippen molar-refractivity contribution in [2.75, 3.05) is 7.11 Å². The largest absolute Gasteiger partial charge is 0.494 e. The van der Waals surface area contributed by atoms with Gasteiger partial charge in [-0.1, -0.05) is 90.0 Å². The number of benzene rings is 1. The van der Waals surface area contributed by atoms with E-state index in [4.69, 9.17) is 4.74 Å². The molecule has 1 aromatic carbocycles. The molecule has 4 unspecified atom stereocenters. The van der Waals surface area contributed by atoms with E-state index in [1.165, 1.54) is 103 Å². The van der Waals surface area contributed by atoms with Crippen molar-refractivity contribution in [2.24, 2.45) is 29.6 Å². The van der Waals surface area contributed by atoms with Gasteiger partial charge in [-0.15, -0.1) is 0 Å². The van der Waals surface area contributed by atoms with Crippen LogP contribution in [0.1, 0.15) is 128 Å². The monoisotopic (exact) mass is 474 g/mol.